The van der Waals surface area contributed by atoms with Gasteiger partial charge in [-0.3, -0.25) is 0 Å². The molecule has 5 nitrogen and oxygen atoms in total. The summed E-state index contributed by atoms with van der Waals surface area (Å²) in [6.07, 6.45) is 0.807. The molecule has 21 heavy (non-hydrogen) atoms. The van der Waals surface area contributed by atoms with Crippen LogP contribution in [0.2, 0.25) is 0 Å². The Labute approximate surface area is 125 Å². The van der Waals surface area contributed by atoms with E-state index in [9.17, 15) is 0 Å². The molecule has 2 aromatic rings. The first kappa shape index (κ1) is 14.1. The molecule has 0 spiro atoms. The molecule has 0 fully saturated rings. The minimum absolute atomic E-state index is 0.302. The summed E-state index contributed by atoms with van der Waals surface area (Å²) in [6, 6.07) is 8.45. The molecule has 0 amide bonds. The summed E-state index contributed by atoms with van der Waals surface area (Å²) < 4.78 is 7.46. The SMILES string of the molecule is COc1ccc(Cc2nnc3n2CCNC3C(C)C)cc1. The standard InChI is InChI=1S/C16H22N4O/c1-11(2)15-16-19-18-14(20(16)9-8-17-15)10-12-4-6-13(21-3)7-5-12/h4-7,11,15,17H,8-10H2,1-3H3. The summed E-state index contributed by atoms with van der Waals surface area (Å²) in [5.41, 5.74) is 1.23. The van der Waals surface area contributed by atoms with Crippen LogP contribution in [-0.2, 0) is 13.0 Å². The Hall–Kier alpha value is -1.88. The van der Waals surface area contributed by atoms with Gasteiger partial charge in [0.2, 0.25) is 0 Å². The molecular formula is C16H22N4O. The fraction of sp³-hybridized carbons (Fsp3) is 0.500. The van der Waals surface area contributed by atoms with Gasteiger partial charge in [-0.2, -0.15) is 0 Å². The zero-order valence-electron chi connectivity index (χ0n) is 12.8. The lowest BCUT2D eigenvalue weighted by Crippen LogP contribution is -2.37. The average Bonchev–Trinajstić information content (AvgIpc) is 2.91. The molecule has 0 saturated carbocycles. The molecule has 1 aromatic carbocycles. The highest BCUT2D eigenvalue weighted by atomic mass is 16.5. The van der Waals surface area contributed by atoms with Crippen molar-refractivity contribution in [3.05, 3.63) is 41.5 Å². The molecule has 1 N–H and O–H groups in total. The first-order valence-corrected chi connectivity index (χ1v) is 7.47. The van der Waals surface area contributed by atoms with Crippen LogP contribution in [0.4, 0.5) is 0 Å². The van der Waals surface area contributed by atoms with Crippen LogP contribution in [0, 0.1) is 5.92 Å². The number of nitrogens with zero attached hydrogens (tertiary/aromatic N) is 3. The molecule has 1 atom stereocenters. The van der Waals surface area contributed by atoms with Crippen molar-refractivity contribution in [2.45, 2.75) is 32.9 Å². The van der Waals surface area contributed by atoms with Gasteiger partial charge in [-0.1, -0.05) is 26.0 Å². The molecule has 0 aliphatic carbocycles. The van der Waals surface area contributed by atoms with Crippen molar-refractivity contribution >= 4 is 0 Å². The van der Waals surface area contributed by atoms with Crippen molar-refractivity contribution in [1.82, 2.24) is 20.1 Å². The lowest BCUT2D eigenvalue weighted by atomic mass is 10.0. The van der Waals surface area contributed by atoms with Gasteiger partial charge in [-0.25, -0.2) is 0 Å². The van der Waals surface area contributed by atoms with Crippen LogP contribution < -0.4 is 10.1 Å². The van der Waals surface area contributed by atoms with E-state index in [0.717, 1.165) is 36.9 Å². The first-order chi connectivity index (χ1) is 10.2. The zero-order valence-corrected chi connectivity index (χ0v) is 12.8. The number of methoxy groups -OCH3 is 1. The molecule has 2 heterocycles. The van der Waals surface area contributed by atoms with Crippen LogP contribution in [-0.4, -0.2) is 28.4 Å². The smallest absolute Gasteiger partial charge is 0.150 e. The molecule has 0 saturated heterocycles. The number of hydrogen-bond donors (Lipinski definition) is 1. The third-order valence-corrected chi connectivity index (χ3v) is 4.02. The van der Waals surface area contributed by atoms with E-state index in [2.05, 4.69) is 46.1 Å². The summed E-state index contributed by atoms with van der Waals surface area (Å²) in [7, 11) is 1.68. The van der Waals surface area contributed by atoms with Crippen LogP contribution in [0.1, 0.15) is 37.1 Å². The van der Waals surface area contributed by atoms with Crippen LogP contribution in [0.15, 0.2) is 24.3 Å². The Kier molecular flexibility index (Phi) is 3.92. The number of fused-ring (bicyclic) bond motifs is 1. The van der Waals surface area contributed by atoms with Crippen molar-refractivity contribution in [2.24, 2.45) is 5.92 Å². The van der Waals surface area contributed by atoms with E-state index in [1.807, 2.05) is 12.1 Å². The maximum Gasteiger partial charge on any atom is 0.150 e. The molecule has 1 aliphatic rings. The second-order valence-corrected chi connectivity index (χ2v) is 5.83. The summed E-state index contributed by atoms with van der Waals surface area (Å²) in [6.45, 7) is 6.34. The van der Waals surface area contributed by atoms with E-state index in [1.54, 1.807) is 7.11 Å². The molecule has 1 aliphatic heterocycles. The van der Waals surface area contributed by atoms with Crippen LogP contribution >= 0.6 is 0 Å². The predicted octanol–water partition coefficient (Wildman–Crippen LogP) is 2.18. The third-order valence-electron chi connectivity index (χ3n) is 4.02. The Bertz CT molecular complexity index is 603. The number of rotatable bonds is 4. The van der Waals surface area contributed by atoms with Gasteiger partial charge in [0.15, 0.2) is 5.82 Å². The van der Waals surface area contributed by atoms with E-state index in [0.29, 0.717) is 12.0 Å². The highest BCUT2D eigenvalue weighted by Crippen LogP contribution is 2.24. The van der Waals surface area contributed by atoms with Crippen molar-refractivity contribution < 1.29 is 4.74 Å². The second kappa shape index (κ2) is 5.85. The molecular weight excluding hydrogens is 264 g/mol. The Balaban J connectivity index is 1.83. The van der Waals surface area contributed by atoms with Gasteiger partial charge in [0.25, 0.3) is 0 Å². The highest BCUT2D eigenvalue weighted by Gasteiger charge is 2.26. The number of aromatic nitrogens is 3. The summed E-state index contributed by atoms with van der Waals surface area (Å²) in [5, 5.41) is 12.4. The maximum absolute atomic E-state index is 5.19. The quantitative estimate of drug-likeness (QED) is 0.936. The molecule has 5 heteroatoms. The van der Waals surface area contributed by atoms with Crippen molar-refractivity contribution in [3.63, 3.8) is 0 Å². The van der Waals surface area contributed by atoms with Gasteiger partial charge in [0, 0.05) is 19.5 Å². The molecule has 0 bridgehead atoms. The van der Waals surface area contributed by atoms with Gasteiger partial charge < -0.3 is 14.6 Å². The monoisotopic (exact) mass is 286 g/mol. The number of ether oxygens (including phenoxy) is 1. The molecule has 1 aromatic heterocycles. The largest absolute Gasteiger partial charge is 0.497 e. The van der Waals surface area contributed by atoms with Crippen molar-refractivity contribution in [3.8, 4) is 5.75 Å². The molecule has 3 rings (SSSR count). The van der Waals surface area contributed by atoms with Gasteiger partial charge in [0.05, 0.1) is 13.2 Å². The fourth-order valence-electron chi connectivity index (χ4n) is 2.84. The van der Waals surface area contributed by atoms with Gasteiger partial charge >= 0.3 is 0 Å². The van der Waals surface area contributed by atoms with E-state index >= 15 is 0 Å². The van der Waals surface area contributed by atoms with Crippen LogP contribution in [0.5, 0.6) is 5.75 Å². The van der Waals surface area contributed by atoms with Gasteiger partial charge in [-0.15, -0.1) is 10.2 Å². The Morgan fingerprint density at radius 2 is 2.05 bits per heavy atom. The second-order valence-electron chi connectivity index (χ2n) is 5.83. The summed E-state index contributed by atoms with van der Waals surface area (Å²) in [5.74, 6) is 3.51. The Morgan fingerprint density at radius 3 is 2.71 bits per heavy atom. The minimum atomic E-state index is 0.302. The van der Waals surface area contributed by atoms with E-state index in [1.165, 1.54) is 5.56 Å². The van der Waals surface area contributed by atoms with Crippen molar-refractivity contribution in [1.29, 1.82) is 0 Å². The topological polar surface area (TPSA) is 52.0 Å². The predicted molar refractivity (Wildman–Crippen MR) is 81.4 cm³/mol. The third kappa shape index (κ3) is 2.78. The van der Waals surface area contributed by atoms with E-state index < -0.39 is 0 Å². The zero-order chi connectivity index (χ0) is 14.8. The lowest BCUT2D eigenvalue weighted by molar-refractivity contribution is 0.335. The molecule has 112 valence electrons. The summed E-state index contributed by atoms with van der Waals surface area (Å²) in [4.78, 5) is 0. The van der Waals surface area contributed by atoms with E-state index in [-0.39, 0.29) is 0 Å². The number of benzene rings is 1. The molecule has 1 unspecified atom stereocenters. The number of hydrogen-bond acceptors (Lipinski definition) is 4. The van der Waals surface area contributed by atoms with Crippen molar-refractivity contribution in [2.75, 3.05) is 13.7 Å². The van der Waals surface area contributed by atoms with Crippen LogP contribution in [0.3, 0.4) is 0 Å². The van der Waals surface area contributed by atoms with Gasteiger partial charge in [0.1, 0.15) is 11.6 Å². The van der Waals surface area contributed by atoms with E-state index in [4.69, 9.17) is 4.74 Å². The maximum atomic E-state index is 5.19. The lowest BCUT2D eigenvalue weighted by Gasteiger charge is -2.27. The van der Waals surface area contributed by atoms with Gasteiger partial charge in [-0.05, 0) is 23.6 Å². The fourth-order valence-corrected chi connectivity index (χ4v) is 2.84. The summed E-state index contributed by atoms with van der Waals surface area (Å²) >= 11 is 0. The molecule has 0 radical (unpaired) electrons. The minimum Gasteiger partial charge on any atom is -0.497 e. The van der Waals surface area contributed by atoms with Crippen LogP contribution in [0.25, 0.3) is 0 Å². The first-order valence-electron chi connectivity index (χ1n) is 7.47. The average molecular weight is 286 g/mol. The normalized spacial score (nSPS) is 17.8. The Morgan fingerprint density at radius 1 is 1.29 bits per heavy atom. The number of nitrogens with one attached hydrogen (secondary N) is 1. The highest BCUT2D eigenvalue weighted by molar-refractivity contribution is 5.29.